The molecule has 19 heavy (non-hydrogen) atoms. The highest BCUT2D eigenvalue weighted by Crippen LogP contribution is 2.31. The molecule has 2 N–H and O–H groups in total. The molecule has 1 saturated heterocycles. The van der Waals surface area contributed by atoms with Crippen molar-refractivity contribution in [2.45, 2.75) is 25.9 Å². The highest BCUT2D eigenvalue weighted by atomic mass is 16.5. The Morgan fingerprint density at radius 3 is 2.58 bits per heavy atom. The predicted molar refractivity (Wildman–Crippen MR) is 75.6 cm³/mol. The van der Waals surface area contributed by atoms with Gasteiger partial charge in [-0.3, -0.25) is 0 Å². The van der Waals surface area contributed by atoms with Gasteiger partial charge in [0.25, 0.3) is 0 Å². The van der Waals surface area contributed by atoms with Crippen molar-refractivity contribution in [3.63, 3.8) is 0 Å². The van der Waals surface area contributed by atoms with Crippen LogP contribution in [0, 0.1) is 5.92 Å². The number of rotatable bonds is 4. The van der Waals surface area contributed by atoms with E-state index in [0.29, 0.717) is 11.5 Å². The van der Waals surface area contributed by atoms with Crippen LogP contribution in [-0.4, -0.2) is 37.0 Å². The molecule has 0 amide bonds. The zero-order chi connectivity index (χ0) is 13.8. The lowest BCUT2D eigenvalue weighted by Gasteiger charge is -2.33. The molecule has 0 radical (unpaired) electrons. The van der Waals surface area contributed by atoms with Crippen LogP contribution >= 0.6 is 0 Å². The minimum Gasteiger partial charge on any atom is -0.507 e. The van der Waals surface area contributed by atoms with E-state index < -0.39 is 6.10 Å². The standard InChI is InChI=1S/C15H23NO3/c1-11(17)14-4-3-13(9-15(14)18)16-7-5-12(6-8-16)10-19-2/h3-4,9,11-12,17-18H,5-8,10H2,1-2H3. The van der Waals surface area contributed by atoms with Crippen LogP contribution in [0.3, 0.4) is 0 Å². The van der Waals surface area contributed by atoms with Gasteiger partial charge in [-0.1, -0.05) is 6.07 Å². The Bertz CT molecular complexity index is 412. The number of phenolic OH excluding ortho intramolecular Hbond substituents is 1. The fourth-order valence-corrected chi connectivity index (χ4v) is 2.68. The maximum absolute atomic E-state index is 9.92. The molecule has 1 fully saturated rings. The normalized spacial score (nSPS) is 18.6. The lowest BCUT2D eigenvalue weighted by atomic mass is 9.97. The number of aliphatic hydroxyl groups excluding tert-OH is 1. The summed E-state index contributed by atoms with van der Waals surface area (Å²) in [6.45, 7) is 4.47. The summed E-state index contributed by atoms with van der Waals surface area (Å²) >= 11 is 0. The van der Waals surface area contributed by atoms with Gasteiger partial charge in [-0.05, 0) is 31.7 Å². The van der Waals surface area contributed by atoms with Crippen molar-refractivity contribution < 1.29 is 14.9 Å². The second-order valence-corrected chi connectivity index (χ2v) is 5.30. The number of aromatic hydroxyl groups is 1. The molecule has 1 aromatic carbocycles. The van der Waals surface area contributed by atoms with Gasteiger partial charge in [-0.15, -0.1) is 0 Å². The van der Waals surface area contributed by atoms with E-state index in [2.05, 4.69) is 4.90 Å². The molecule has 1 heterocycles. The Hall–Kier alpha value is -1.26. The fourth-order valence-electron chi connectivity index (χ4n) is 2.68. The van der Waals surface area contributed by atoms with Crippen LogP contribution in [0.2, 0.25) is 0 Å². The first kappa shape index (κ1) is 14.2. The van der Waals surface area contributed by atoms with Crippen LogP contribution in [0.5, 0.6) is 5.75 Å². The van der Waals surface area contributed by atoms with Crippen LogP contribution in [-0.2, 0) is 4.74 Å². The van der Waals surface area contributed by atoms with Crippen molar-refractivity contribution in [1.82, 2.24) is 0 Å². The molecule has 1 aliphatic rings. The van der Waals surface area contributed by atoms with E-state index in [1.807, 2.05) is 6.07 Å². The van der Waals surface area contributed by atoms with E-state index in [1.165, 1.54) is 0 Å². The number of methoxy groups -OCH3 is 1. The van der Waals surface area contributed by atoms with E-state index in [4.69, 9.17) is 4.74 Å². The molecule has 1 atom stereocenters. The minimum absolute atomic E-state index is 0.173. The summed E-state index contributed by atoms with van der Waals surface area (Å²) in [5.41, 5.74) is 1.61. The zero-order valence-electron chi connectivity index (χ0n) is 11.7. The van der Waals surface area contributed by atoms with Gasteiger partial charge in [0, 0.05) is 44.1 Å². The van der Waals surface area contributed by atoms with Crippen LogP contribution in [0.25, 0.3) is 0 Å². The third-order valence-electron chi connectivity index (χ3n) is 3.85. The van der Waals surface area contributed by atoms with E-state index in [1.54, 1.807) is 26.2 Å². The number of hydrogen-bond acceptors (Lipinski definition) is 4. The van der Waals surface area contributed by atoms with Crippen molar-refractivity contribution in [1.29, 1.82) is 0 Å². The SMILES string of the molecule is COCC1CCN(c2ccc(C(C)O)c(O)c2)CC1. The third-order valence-corrected chi connectivity index (χ3v) is 3.85. The number of benzene rings is 1. The lowest BCUT2D eigenvalue weighted by molar-refractivity contribution is 0.139. The number of anilines is 1. The first-order chi connectivity index (χ1) is 9.11. The van der Waals surface area contributed by atoms with Crippen molar-refractivity contribution in [2.24, 2.45) is 5.92 Å². The van der Waals surface area contributed by atoms with E-state index in [9.17, 15) is 10.2 Å². The average Bonchev–Trinajstić information content (AvgIpc) is 2.39. The summed E-state index contributed by atoms with van der Waals surface area (Å²) in [7, 11) is 1.75. The molecule has 0 saturated carbocycles. The molecular formula is C15H23NO3. The second-order valence-electron chi connectivity index (χ2n) is 5.30. The molecule has 1 aliphatic heterocycles. The largest absolute Gasteiger partial charge is 0.507 e. The van der Waals surface area contributed by atoms with Gasteiger partial charge in [-0.25, -0.2) is 0 Å². The molecule has 1 aromatic rings. The predicted octanol–water partition coefficient (Wildman–Crippen LogP) is 2.31. The third kappa shape index (κ3) is 3.39. The van der Waals surface area contributed by atoms with Gasteiger partial charge in [0.1, 0.15) is 5.75 Å². The number of ether oxygens (including phenoxy) is 1. The highest BCUT2D eigenvalue weighted by molar-refractivity contribution is 5.54. The van der Waals surface area contributed by atoms with Crippen molar-refractivity contribution in [3.8, 4) is 5.75 Å². The van der Waals surface area contributed by atoms with Crippen LogP contribution < -0.4 is 4.90 Å². The van der Waals surface area contributed by atoms with E-state index in [-0.39, 0.29) is 5.75 Å². The fraction of sp³-hybridized carbons (Fsp3) is 0.600. The summed E-state index contributed by atoms with van der Waals surface area (Å²) in [5, 5.41) is 19.4. The zero-order valence-corrected chi connectivity index (χ0v) is 11.7. The molecule has 0 aliphatic carbocycles. The maximum atomic E-state index is 9.92. The van der Waals surface area contributed by atoms with Crippen molar-refractivity contribution >= 4 is 5.69 Å². The van der Waals surface area contributed by atoms with Gasteiger partial charge in [0.2, 0.25) is 0 Å². The van der Waals surface area contributed by atoms with E-state index >= 15 is 0 Å². The smallest absolute Gasteiger partial charge is 0.123 e. The molecule has 2 rings (SSSR count). The van der Waals surface area contributed by atoms with Crippen LogP contribution in [0.15, 0.2) is 18.2 Å². The van der Waals surface area contributed by atoms with E-state index in [0.717, 1.165) is 38.2 Å². The van der Waals surface area contributed by atoms with Gasteiger partial charge < -0.3 is 19.8 Å². The molecule has 0 bridgehead atoms. The lowest BCUT2D eigenvalue weighted by Crippen LogP contribution is -2.34. The number of phenols is 1. The minimum atomic E-state index is -0.638. The van der Waals surface area contributed by atoms with Gasteiger partial charge in [0.05, 0.1) is 6.10 Å². The number of aliphatic hydroxyl groups is 1. The Morgan fingerprint density at radius 2 is 2.05 bits per heavy atom. The average molecular weight is 265 g/mol. The quantitative estimate of drug-likeness (QED) is 0.877. The maximum Gasteiger partial charge on any atom is 0.123 e. The van der Waals surface area contributed by atoms with Crippen molar-refractivity contribution in [2.75, 3.05) is 31.7 Å². The molecule has 106 valence electrons. The molecule has 4 nitrogen and oxygen atoms in total. The summed E-state index contributed by atoms with van der Waals surface area (Å²) in [4.78, 5) is 2.28. The first-order valence-corrected chi connectivity index (χ1v) is 6.86. The molecular weight excluding hydrogens is 242 g/mol. The Labute approximate surface area is 114 Å². The Morgan fingerprint density at radius 1 is 1.37 bits per heavy atom. The van der Waals surface area contributed by atoms with Crippen LogP contribution in [0.1, 0.15) is 31.4 Å². The number of piperidine rings is 1. The molecule has 0 spiro atoms. The van der Waals surface area contributed by atoms with Crippen LogP contribution in [0.4, 0.5) is 5.69 Å². The first-order valence-electron chi connectivity index (χ1n) is 6.86. The Balaban J connectivity index is 2.02. The molecule has 4 heteroatoms. The van der Waals surface area contributed by atoms with Gasteiger partial charge >= 0.3 is 0 Å². The van der Waals surface area contributed by atoms with Crippen molar-refractivity contribution in [3.05, 3.63) is 23.8 Å². The summed E-state index contributed by atoms with van der Waals surface area (Å²) in [6, 6.07) is 5.52. The highest BCUT2D eigenvalue weighted by Gasteiger charge is 2.20. The van der Waals surface area contributed by atoms with Gasteiger partial charge in [-0.2, -0.15) is 0 Å². The molecule has 1 unspecified atom stereocenters. The summed E-state index contributed by atoms with van der Waals surface area (Å²) in [6.07, 6.45) is 1.60. The second kappa shape index (κ2) is 6.26. The topological polar surface area (TPSA) is 52.9 Å². The summed E-state index contributed by atoms with van der Waals surface area (Å²) in [5.74, 6) is 0.818. The summed E-state index contributed by atoms with van der Waals surface area (Å²) < 4.78 is 5.20. The monoisotopic (exact) mass is 265 g/mol. The Kier molecular flexibility index (Phi) is 4.66. The van der Waals surface area contributed by atoms with Gasteiger partial charge in [0.15, 0.2) is 0 Å². The number of hydrogen-bond donors (Lipinski definition) is 2. The number of nitrogens with zero attached hydrogens (tertiary/aromatic N) is 1. The molecule has 0 aromatic heterocycles.